The largest absolute Gasteiger partial charge is 0.497 e. The van der Waals surface area contributed by atoms with Gasteiger partial charge in [0, 0.05) is 36.6 Å². The quantitative estimate of drug-likeness (QED) is 0.492. The van der Waals surface area contributed by atoms with E-state index in [2.05, 4.69) is 14.9 Å². The van der Waals surface area contributed by atoms with E-state index in [0.717, 1.165) is 38.4 Å². The van der Waals surface area contributed by atoms with E-state index in [4.69, 9.17) is 9.47 Å². The molecule has 3 aromatic rings. The summed E-state index contributed by atoms with van der Waals surface area (Å²) >= 11 is 0. The molecular formula is C26H29N3O5S. The smallest absolute Gasteiger partial charge is 0.261 e. The number of methoxy groups -OCH3 is 1. The monoisotopic (exact) mass is 495 g/mol. The molecule has 1 heterocycles. The van der Waals surface area contributed by atoms with Gasteiger partial charge in [-0.1, -0.05) is 18.2 Å². The summed E-state index contributed by atoms with van der Waals surface area (Å²) in [6, 6.07) is 18.8. The molecule has 9 heteroatoms. The third kappa shape index (κ3) is 6.39. The van der Waals surface area contributed by atoms with Crippen LogP contribution in [-0.2, 0) is 21.3 Å². The van der Waals surface area contributed by atoms with Gasteiger partial charge in [0.1, 0.15) is 5.75 Å². The van der Waals surface area contributed by atoms with E-state index >= 15 is 0 Å². The molecule has 0 aromatic heterocycles. The highest BCUT2D eigenvalue weighted by atomic mass is 32.2. The molecule has 0 aliphatic carbocycles. The highest BCUT2D eigenvalue weighted by Gasteiger charge is 2.19. The first kappa shape index (κ1) is 24.7. The number of rotatable bonds is 8. The minimum Gasteiger partial charge on any atom is -0.497 e. The van der Waals surface area contributed by atoms with Gasteiger partial charge in [-0.25, -0.2) is 8.42 Å². The Morgan fingerprint density at radius 2 is 1.74 bits per heavy atom. The number of hydrogen-bond acceptors (Lipinski definition) is 6. The standard InChI is InChI=1S/C26H29N3O5S/c1-19-6-11-24(35(31,32)28-21-7-9-23(33-2)10-8-21)17-25(19)26(30)27-22-5-3-4-20(16-22)18-29-12-14-34-15-13-29/h3-11,16-17,28H,12-15,18H2,1-2H3,(H,27,30). The molecule has 0 spiro atoms. The first-order valence-electron chi connectivity index (χ1n) is 11.3. The van der Waals surface area contributed by atoms with Gasteiger partial charge in [-0.05, 0) is 66.6 Å². The van der Waals surface area contributed by atoms with Crippen molar-refractivity contribution in [3.8, 4) is 5.75 Å². The first-order valence-corrected chi connectivity index (χ1v) is 12.8. The van der Waals surface area contributed by atoms with Gasteiger partial charge in [0.2, 0.25) is 0 Å². The summed E-state index contributed by atoms with van der Waals surface area (Å²) in [6.07, 6.45) is 0. The number of nitrogens with zero attached hydrogens (tertiary/aromatic N) is 1. The van der Waals surface area contributed by atoms with E-state index < -0.39 is 10.0 Å². The number of hydrogen-bond donors (Lipinski definition) is 2. The van der Waals surface area contributed by atoms with E-state index in [0.29, 0.717) is 28.3 Å². The second-order valence-corrected chi connectivity index (χ2v) is 10.0. The van der Waals surface area contributed by atoms with Crippen LogP contribution in [0.4, 0.5) is 11.4 Å². The van der Waals surface area contributed by atoms with E-state index in [1.165, 1.54) is 12.1 Å². The fourth-order valence-corrected chi connectivity index (χ4v) is 4.93. The van der Waals surface area contributed by atoms with Crippen LogP contribution >= 0.6 is 0 Å². The number of benzene rings is 3. The second kappa shape index (κ2) is 10.9. The number of nitrogens with one attached hydrogen (secondary N) is 2. The number of amides is 1. The third-order valence-corrected chi connectivity index (χ3v) is 7.18. The van der Waals surface area contributed by atoms with Gasteiger partial charge >= 0.3 is 0 Å². The number of sulfonamides is 1. The lowest BCUT2D eigenvalue weighted by Gasteiger charge is -2.26. The highest BCUT2D eigenvalue weighted by molar-refractivity contribution is 7.92. The van der Waals surface area contributed by atoms with Crippen LogP contribution in [0.5, 0.6) is 5.75 Å². The molecule has 0 atom stereocenters. The van der Waals surface area contributed by atoms with Crippen molar-refractivity contribution in [2.24, 2.45) is 0 Å². The molecule has 0 saturated carbocycles. The zero-order chi connectivity index (χ0) is 24.8. The van der Waals surface area contributed by atoms with Gasteiger partial charge in [0.05, 0.1) is 25.2 Å². The van der Waals surface area contributed by atoms with Crippen LogP contribution in [0.2, 0.25) is 0 Å². The zero-order valence-electron chi connectivity index (χ0n) is 19.8. The van der Waals surface area contributed by atoms with E-state index in [-0.39, 0.29) is 10.8 Å². The van der Waals surface area contributed by atoms with Gasteiger partial charge in [0.15, 0.2) is 0 Å². The summed E-state index contributed by atoms with van der Waals surface area (Å²) in [5.74, 6) is 0.253. The Balaban J connectivity index is 1.49. The topological polar surface area (TPSA) is 97.0 Å². The van der Waals surface area contributed by atoms with Gasteiger partial charge in [-0.15, -0.1) is 0 Å². The Morgan fingerprint density at radius 1 is 1.00 bits per heavy atom. The molecule has 35 heavy (non-hydrogen) atoms. The Bertz CT molecular complexity index is 1290. The van der Waals surface area contributed by atoms with Crippen molar-refractivity contribution in [3.63, 3.8) is 0 Å². The summed E-state index contributed by atoms with van der Waals surface area (Å²) < 4.78 is 38.9. The van der Waals surface area contributed by atoms with Crippen molar-refractivity contribution in [3.05, 3.63) is 83.4 Å². The highest BCUT2D eigenvalue weighted by Crippen LogP contribution is 2.22. The Labute approximate surface area is 205 Å². The number of aryl methyl sites for hydroxylation is 1. The SMILES string of the molecule is COc1ccc(NS(=O)(=O)c2ccc(C)c(C(=O)Nc3cccc(CN4CCOCC4)c3)c2)cc1. The number of carbonyl (C=O) groups is 1. The van der Waals surface area contributed by atoms with Crippen LogP contribution < -0.4 is 14.8 Å². The summed E-state index contributed by atoms with van der Waals surface area (Å²) in [4.78, 5) is 15.4. The molecule has 1 aliphatic rings. The maximum atomic E-state index is 13.1. The fraction of sp³-hybridized carbons (Fsp3) is 0.269. The number of carbonyl (C=O) groups excluding carboxylic acids is 1. The third-order valence-electron chi connectivity index (χ3n) is 5.80. The predicted octanol–water partition coefficient (Wildman–Crippen LogP) is 3.89. The maximum Gasteiger partial charge on any atom is 0.261 e. The lowest BCUT2D eigenvalue weighted by Crippen LogP contribution is -2.35. The second-order valence-electron chi connectivity index (χ2n) is 8.35. The van der Waals surface area contributed by atoms with Gasteiger partial charge in [-0.3, -0.25) is 14.4 Å². The molecule has 0 bridgehead atoms. The lowest BCUT2D eigenvalue weighted by atomic mass is 10.1. The Hall–Kier alpha value is -3.40. The predicted molar refractivity (Wildman–Crippen MR) is 135 cm³/mol. The first-order chi connectivity index (χ1) is 16.8. The molecule has 1 saturated heterocycles. The van der Waals surface area contributed by atoms with Crippen LogP contribution in [0.3, 0.4) is 0 Å². The Kier molecular flexibility index (Phi) is 7.70. The molecule has 3 aromatic carbocycles. The van der Waals surface area contributed by atoms with Crippen molar-refractivity contribution in [2.75, 3.05) is 43.5 Å². The van der Waals surface area contributed by atoms with Crippen LogP contribution in [0.15, 0.2) is 71.6 Å². The molecule has 1 fully saturated rings. The minimum atomic E-state index is -3.89. The van der Waals surface area contributed by atoms with Crippen molar-refractivity contribution < 1.29 is 22.7 Å². The molecule has 1 aliphatic heterocycles. The number of morpholine rings is 1. The summed E-state index contributed by atoms with van der Waals surface area (Å²) in [5, 5.41) is 2.91. The van der Waals surface area contributed by atoms with Gasteiger partial charge in [-0.2, -0.15) is 0 Å². The minimum absolute atomic E-state index is 0.00476. The van der Waals surface area contributed by atoms with E-state index in [1.54, 1.807) is 44.4 Å². The fourth-order valence-electron chi connectivity index (χ4n) is 3.85. The van der Waals surface area contributed by atoms with Crippen molar-refractivity contribution >= 4 is 27.3 Å². The summed E-state index contributed by atoms with van der Waals surface area (Å²) in [7, 11) is -2.35. The molecule has 0 radical (unpaired) electrons. The number of anilines is 2. The molecular weight excluding hydrogens is 466 g/mol. The summed E-state index contributed by atoms with van der Waals surface area (Å²) in [6.45, 7) is 5.75. The van der Waals surface area contributed by atoms with E-state index in [1.807, 2.05) is 24.3 Å². The average molecular weight is 496 g/mol. The zero-order valence-corrected chi connectivity index (χ0v) is 20.6. The average Bonchev–Trinajstić information content (AvgIpc) is 2.85. The van der Waals surface area contributed by atoms with Crippen molar-refractivity contribution in [1.29, 1.82) is 0 Å². The Morgan fingerprint density at radius 3 is 2.46 bits per heavy atom. The molecule has 0 unspecified atom stereocenters. The lowest BCUT2D eigenvalue weighted by molar-refractivity contribution is 0.0342. The van der Waals surface area contributed by atoms with Crippen LogP contribution in [0.25, 0.3) is 0 Å². The molecule has 2 N–H and O–H groups in total. The summed E-state index contributed by atoms with van der Waals surface area (Å²) in [5.41, 5.74) is 3.11. The van der Waals surface area contributed by atoms with Crippen molar-refractivity contribution in [2.45, 2.75) is 18.4 Å². The molecule has 8 nitrogen and oxygen atoms in total. The van der Waals surface area contributed by atoms with Gasteiger partial charge in [0.25, 0.3) is 15.9 Å². The number of ether oxygens (including phenoxy) is 2. The van der Waals surface area contributed by atoms with Crippen LogP contribution in [0.1, 0.15) is 21.5 Å². The van der Waals surface area contributed by atoms with Crippen molar-refractivity contribution in [1.82, 2.24) is 4.90 Å². The van der Waals surface area contributed by atoms with E-state index in [9.17, 15) is 13.2 Å². The maximum absolute atomic E-state index is 13.1. The molecule has 184 valence electrons. The molecule has 1 amide bonds. The normalized spacial score (nSPS) is 14.3. The molecule has 4 rings (SSSR count). The van der Waals surface area contributed by atoms with Crippen LogP contribution in [-0.4, -0.2) is 52.6 Å². The van der Waals surface area contributed by atoms with Gasteiger partial charge < -0.3 is 14.8 Å². The van der Waals surface area contributed by atoms with Crippen LogP contribution in [0, 0.1) is 6.92 Å².